The van der Waals surface area contributed by atoms with Crippen LogP contribution in [-0.2, 0) is 11.2 Å². The lowest BCUT2D eigenvalue weighted by atomic mass is 9.61. The molecule has 3 N–H and O–H groups in total. The van der Waals surface area contributed by atoms with E-state index in [1.807, 2.05) is 36.4 Å². The second kappa shape index (κ2) is 10.7. The summed E-state index contributed by atoms with van der Waals surface area (Å²) >= 11 is 6.74. The molecule has 2 saturated carbocycles. The SMILES string of the molecule is CCCC1([C@H](O)c2cccc([C@@H]3C(Cc4cccc(OCC(=O)O)c4)[C@H](Cl)C[C@H]3O)c2)CCC1. The molecule has 5 nitrogen and oxygen atoms in total. The molecule has 5 atom stereocenters. The van der Waals surface area contributed by atoms with E-state index in [9.17, 15) is 15.0 Å². The van der Waals surface area contributed by atoms with Gasteiger partial charge in [-0.1, -0.05) is 56.2 Å². The van der Waals surface area contributed by atoms with E-state index in [4.69, 9.17) is 21.4 Å². The first-order chi connectivity index (χ1) is 16.3. The fraction of sp³-hybridized carbons (Fsp3) is 0.536. The number of hydrogen-bond donors (Lipinski definition) is 3. The summed E-state index contributed by atoms with van der Waals surface area (Å²) in [5.41, 5.74) is 2.91. The van der Waals surface area contributed by atoms with Gasteiger partial charge < -0.3 is 20.1 Å². The van der Waals surface area contributed by atoms with Gasteiger partial charge in [0.05, 0.1) is 12.2 Å². The molecule has 6 heteroatoms. The first kappa shape index (κ1) is 25.0. The summed E-state index contributed by atoms with van der Waals surface area (Å²) in [4.78, 5) is 10.8. The number of halogens is 1. The zero-order valence-corrected chi connectivity index (χ0v) is 20.5. The van der Waals surface area contributed by atoms with E-state index < -0.39 is 18.2 Å². The van der Waals surface area contributed by atoms with Crippen molar-refractivity contribution in [2.75, 3.05) is 6.61 Å². The smallest absolute Gasteiger partial charge is 0.341 e. The molecule has 0 aromatic heterocycles. The van der Waals surface area contributed by atoms with Crippen LogP contribution in [0.1, 0.15) is 74.2 Å². The first-order valence-electron chi connectivity index (χ1n) is 12.4. The monoisotopic (exact) mass is 486 g/mol. The van der Waals surface area contributed by atoms with Gasteiger partial charge >= 0.3 is 5.97 Å². The summed E-state index contributed by atoms with van der Waals surface area (Å²) in [6, 6.07) is 15.5. The van der Waals surface area contributed by atoms with E-state index in [1.54, 1.807) is 6.07 Å². The topological polar surface area (TPSA) is 87.0 Å². The van der Waals surface area contributed by atoms with Gasteiger partial charge in [0.1, 0.15) is 5.75 Å². The Labute approximate surface area is 206 Å². The van der Waals surface area contributed by atoms with E-state index in [1.165, 1.54) is 6.42 Å². The van der Waals surface area contributed by atoms with Crippen LogP contribution in [-0.4, -0.2) is 39.4 Å². The summed E-state index contributed by atoms with van der Waals surface area (Å²) in [6.45, 7) is 1.78. The van der Waals surface area contributed by atoms with Crippen molar-refractivity contribution in [1.29, 1.82) is 0 Å². The van der Waals surface area contributed by atoms with Crippen LogP contribution >= 0.6 is 11.6 Å². The maximum absolute atomic E-state index is 11.3. The van der Waals surface area contributed by atoms with Crippen molar-refractivity contribution < 1.29 is 24.9 Å². The van der Waals surface area contributed by atoms with Crippen molar-refractivity contribution in [2.45, 2.75) is 75.4 Å². The predicted molar refractivity (Wildman–Crippen MR) is 132 cm³/mol. The number of aliphatic hydroxyl groups is 2. The predicted octanol–water partition coefficient (Wildman–Crippen LogP) is 5.47. The number of benzene rings is 2. The van der Waals surface area contributed by atoms with Gasteiger partial charge in [-0.05, 0) is 66.8 Å². The van der Waals surface area contributed by atoms with Crippen molar-refractivity contribution in [3.63, 3.8) is 0 Å². The maximum atomic E-state index is 11.3. The zero-order valence-electron chi connectivity index (χ0n) is 19.7. The van der Waals surface area contributed by atoms with Crippen molar-refractivity contribution in [3.05, 3.63) is 65.2 Å². The van der Waals surface area contributed by atoms with Gasteiger partial charge in [-0.2, -0.15) is 0 Å². The molecule has 0 amide bonds. The van der Waals surface area contributed by atoms with Crippen LogP contribution in [0.15, 0.2) is 48.5 Å². The number of carbonyl (C=O) groups is 1. The molecule has 0 spiro atoms. The Bertz CT molecular complexity index is 988. The van der Waals surface area contributed by atoms with Crippen LogP contribution in [0.4, 0.5) is 0 Å². The first-order valence-corrected chi connectivity index (χ1v) is 12.8. The minimum Gasteiger partial charge on any atom is -0.482 e. The minimum absolute atomic E-state index is 0.00656. The van der Waals surface area contributed by atoms with Gasteiger partial charge in [-0.15, -0.1) is 11.6 Å². The van der Waals surface area contributed by atoms with E-state index in [0.29, 0.717) is 18.6 Å². The fourth-order valence-electron chi connectivity index (χ4n) is 6.05. The number of aliphatic carboxylic acids is 1. The van der Waals surface area contributed by atoms with Crippen LogP contribution in [0, 0.1) is 11.3 Å². The summed E-state index contributed by atoms with van der Waals surface area (Å²) in [5, 5.41) is 30.9. The normalized spacial score (nSPS) is 26.6. The van der Waals surface area contributed by atoms with Crippen molar-refractivity contribution in [1.82, 2.24) is 0 Å². The van der Waals surface area contributed by atoms with Crippen molar-refractivity contribution in [3.8, 4) is 5.75 Å². The molecular weight excluding hydrogens is 452 g/mol. The van der Waals surface area contributed by atoms with Gasteiger partial charge in [0.25, 0.3) is 0 Å². The number of hydrogen-bond acceptors (Lipinski definition) is 4. The maximum Gasteiger partial charge on any atom is 0.341 e. The Kier molecular flexibility index (Phi) is 7.86. The Morgan fingerprint density at radius 2 is 1.97 bits per heavy atom. The summed E-state index contributed by atoms with van der Waals surface area (Å²) < 4.78 is 5.33. The van der Waals surface area contributed by atoms with Gasteiger partial charge in [0.2, 0.25) is 0 Å². The van der Waals surface area contributed by atoms with Gasteiger partial charge in [-0.25, -0.2) is 4.79 Å². The van der Waals surface area contributed by atoms with Gasteiger partial charge in [0, 0.05) is 16.7 Å². The lowest BCUT2D eigenvalue weighted by Gasteiger charge is -2.46. The minimum atomic E-state index is -1.02. The standard InChI is InChI=1S/C28H35ClO5/c1-2-10-28(11-5-12-28)27(33)20-8-4-7-19(15-20)26-22(23(29)16-24(26)30)14-18-6-3-9-21(13-18)34-17-25(31)32/h3-4,6-9,13,15,22-24,26-27,30,33H,2,5,10-12,14,16-17H2,1H3,(H,31,32)/t22?,23-,24-,26-,27-/m1/s1. The van der Waals surface area contributed by atoms with Crippen molar-refractivity contribution in [2.24, 2.45) is 11.3 Å². The second-order valence-corrected chi connectivity index (χ2v) is 10.6. The van der Waals surface area contributed by atoms with Crippen LogP contribution < -0.4 is 4.74 Å². The zero-order chi connectivity index (χ0) is 24.3. The molecule has 1 unspecified atom stereocenters. The molecule has 2 aromatic carbocycles. The van der Waals surface area contributed by atoms with Gasteiger partial charge in [-0.3, -0.25) is 0 Å². The Morgan fingerprint density at radius 3 is 2.65 bits per heavy atom. The van der Waals surface area contributed by atoms with Crippen LogP contribution in [0.5, 0.6) is 5.75 Å². The molecule has 34 heavy (non-hydrogen) atoms. The number of carboxylic acids is 1. The number of alkyl halides is 1. The number of ether oxygens (including phenoxy) is 1. The second-order valence-electron chi connectivity index (χ2n) is 10.1. The molecule has 2 fully saturated rings. The number of rotatable bonds is 10. The third-order valence-electron chi connectivity index (χ3n) is 7.83. The van der Waals surface area contributed by atoms with Crippen LogP contribution in [0.2, 0.25) is 0 Å². The quantitative estimate of drug-likeness (QED) is 0.388. The molecule has 0 saturated heterocycles. The summed E-state index contributed by atoms with van der Waals surface area (Å²) in [7, 11) is 0. The number of aliphatic hydroxyl groups excluding tert-OH is 2. The molecule has 184 valence electrons. The molecule has 2 aliphatic carbocycles. The van der Waals surface area contributed by atoms with Crippen molar-refractivity contribution >= 4 is 17.6 Å². The average Bonchev–Trinajstić information content (AvgIpc) is 3.07. The summed E-state index contributed by atoms with van der Waals surface area (Å²) in [5.74, 6) is -0.642. The van der Waals surface area contributed by atoms with Crippen LogP contribution in [0.3, 0.4) is 0 Å². The lowest BCUT2D eigenvalue weighted by molar-refractivity contribution is -0.139. The highest BCUT2D eigenvalue weighted by Crippen LogP contribution is 2.54. The van der Waals surface area contributed by atoms with E-state index in [0.717, 1.165) is 42.4 Å². The molecule has 2 aliphatic rings. The highest BCUT2D eigenvalue weighted by molar-refractivity contribution is 6.21. The Morgan fingerprint density at radius 1 is 1.21 bits per heavy atom. The molecule has 0 radical (unpaired) electrons. The van der Waals surface area contributed by atoms with Gasteiger partial charge in [0.15, 0.2) is 6.61 Å². The molecule has 0 bridgehead atoms. The molecular formula is C28H35ClO5. The average molecular weight is 487 g/mol. The molecule has 0 heterocycles. The summed E-state index contributed by atoms with van der Waals surface area (Å²) in [6.07, 6.45) is 5.48. The molecule has 2 aromatic rings. The van der Waals surface area contributed by atoms with E-state index >= 15 is 0 Å². The molecule has 0 aliphatic heterocycles. The lowest BCUT2D eigenvalue weighted by Crippen LogP contribution is -2.36. The Balaban J connectivity index is 1.55. The van der Waals surface area contributed by atoms with E-state index in [-0.39, 0.29) is 29.2 Å². The van der Waals surface area contributed by atoms with E-state index in [2.05, 4.69) is 13.0 Å². The fourth-order valence-corrected chi connectivity index (χ4v) is 6.47. The highest BCUT2D eigenvalue weighted by atomic mass is 35.5. The largest absolute Gasteiger partial charge is 0.482 e. The Hall–Kier alpha value is -2.08. The third kappa shape index (κ3) is 5.27. The number of carboxylic acid groups (broad SMARTS) is 1. The molecule has 4 rings (SSSR count). The van der Waals surface area contributed by atoms with Crippen LogP contribution in [0.25, 0.3) is 0 Å². The third-order valence-corrected chi connectivity index (χ3v) is 8.33. The highest BCUT2D eigenvalue weighted by Gasteiger charge is 2.45.